The van der Waals surface area contributed by atoms with E-state index < -0.39 is 0 Å². The Labute approximate surface area is 177 Å². The molecule has 1 aromatic carbocycles. The first kappa shape index (κ1) is 20.9. The average Bonchev–Trinajstić information content (AvgIpc) is 2.99. The fourth-order valence-corrected chi connectivity index (χ4v) is 4.82. The van der Waals surface area contributed by atoms with E-state index in [1.54, 1.807) is 0 Å². The number of ether oxygens (including phenoxy) is 1. The Kier molecular flexibility index (Phi) is 6.72. The molecule has 2 fully saturated rings. The third kappa shape index (κ3) is 4.69. The maximum absolute atomic E-state index is 12.7. The molecule has 2 heterocycles. The normalized spacial score (nSPS) is 27.9. The van der Waals surface area contributed by atoms with Gasteiger partial charge in [-0.2, -0.15) is 0 Å². The summed E-state index contributed by atoms with van der Waals surface area (Å²) >= 11 is 0. The van der Waals surface area contributed by atoms with E-state index in [-0.39, 0.29) is 23.5 Å². The molecular formula is C23H30N4O3. The van der Waals surface area contributed by atoms with Crippen molar-refractivity contribution in [2.24, 2.45) is 0 Å². The van der Waals surface area contributed by atoms with Gasteiger partial charge in [0.05, 0.1) is 24.9 Å². The molecule has 1 amide bonds. The highest BCUT2D eigenvalue weighted by molar-refractivity contribution is 5.93. The number of rotatable bonds is 5. The summed E-state index contributed by atoms with van der Waals surface area (Å²) in [5, 5.41) is 14.1. The lowest BCUT2D eigenvalue weighted by atomic mass is 9.74. The van der Waals surface area contributed by atoms with Crippen LogP contribution in [0.2, 0.25) is 0 Å². The molecule has 160 valence electrons. The molecule has 1 aromatic heterocycles. The van der Waals surface area contributed by atoms with Gasteiger partial charge in [0.2, 0.25) is 0 Å². The van der Waals surface area contributed by atoms with Crippen molar-refractivity contribution in [3.05, 3.63) is 60.2 Å². The summed E-state index contributed by atoms with van der Waals surface area (Å²) in [5.74, 6) is -0.166. The first-order valence-corrected chi connectivity index (χ1v) is 10.8. The van der Waals surface area contributed by atoms with Crippen LogP contribution in [0.4, 0.5) is 0 Å². The number of benzene rings is 1. The van der Waals surface area contributed by atoms with Gasteiger partial charge in [-0.3, -0.25) is 9.69 Å². The molecule has 4 rings (SSSR count). The minimum atomic E-state index is -0.369. The third-order valence-corrected chi connectivity index (χ3v) is 6.59. The van der Waals surface area contributed by atoms with Crippen LogP contribution >= 0.6 is 0 Å². The zero-order valence-electron chi connectivity index (χ0n) is 17.2. The summed E-state index contributed by atoms with van der Waals surface area (Å²) in [5.41, 5.74) is 1.46. The van der Waals surface area contributed by atoms with E-state index in [1.807, 2.05) is 18.2 Å². The fraction of sp³-hybridized carbons (Fsp3) is 0.522. The number of amides is 1. The molecule has 1 aliphatic heterocycles. The zero-order chi connectivity index (χ0) is 20.8. The molecule has 7 heteroatoms. The highest BCUT2D eigenvalue weighted by Crippen LogP contribution is 2.39. The minimum Gasteiger partial charge on any atom is -0.391 e. The molecule has 0 radical (unpaired) electrons. The van der Waals surface area contributed by atoms with Gasteiger partial charge in [0.1, 0.15) is 6.33 Å². The van der Waals surface area contributed by atoms with Crippen molar-refractivity contribution in [2.75, 3.05) is 32.8 Å². The summed E-state index contributed by atoms with van der Waals surface area (Å²) in [6.45, 7) is 3.70. The van der Waals surface area contributed by atoms with Crippen LogP contribution in [0.5, 0.6) is 0 Å². The molecule has 0 unspecified atom stereocenters. The Morgan fingerprint density at radius 3 is 2.57 bits per heavy atom. The van der Waals surface area contributed by atoms with E-state index >= 15 is 0 Å². The van der Waals surface area contributed by atoms with Crippen LogP contribution in [0, 0.1) is 0 Å². The zero-order valence-corrected chi connectivity index (χ0v) is 17.2. The number of aliphatic hydroxyl groups excluding tert-OH is 1. The Bertz CT molecular complexity index is 814. The Morgan fingerprint density at radius 2 is 1.83 bits per heavy atom. The first-order valence-electron chi connectivity index (χ1n) is 10.8. The average molecular weight is 411 g/mol. The van der Waals surface area contributed by atoms with Crippen LogP contribution in [0.3, 0.4) is 0 Å². The van der Waals surface area contributed by atoms with Gasteiger partial charge in [-0.25, -0.2) is 9.97 Å². The van der Waals surface area contributed by atoms with Crippen molar-refractivity contribution in [1.82, 2.24) is 20.2 Å². The Hall–Kier alpha value is -2.35. The quantitative estimate of drug-likeness (QED) is 0.731. The van der Waals surface area contributed by atoms with E-state index in [0.717, 1.165) is 45.6 Å². The number of aromatic nitrogens is 2. The number of carbonyl (C=O) groups is 1. The fourth-order valence-electron chi connectivity index (χ4n) is 4.82. The lowest BCUT2D eigenvalue weighted by Gasteiger charge is -2.37. The summed E-state index contributed by atoms with van der Waals surface area (Å²) in [4.78, 5) is 22.9. The van der Waals surface area contributed by atoms with Gasteiger partial charge in [-0.05, 0) is 31.2 Å². The van der Waals surface area contributed by atoms with Crippen molar-refractivity contribution >= 4 is 5.91 Å². The Morgan fingerprint density at radius 1 is 1.13 bits per heavy atom. The van der Waals surface area contributed by atoms with Gasteiger partial charge < -0.3 is 15.2 Å². The van der Waals surface area contributed by atoms with Crippen molar-refractivity contribution in [3.8, 4) is 0 Å². The molecule has 2 N–H and O–H groups in total. The second-order valence-corrected chi connectivity index (χ2v) is 8.32. The minimum absolute atomic E-state index is 0.137. The molecule has 0 bridgehead atoms. The van der Waals surface area contributed by atoms with Crippen LogP contribution in [0.1, 0.15) is 41.6 Å². The third-order valence-electron chi connectivity index (χ3n) is 6.59. The van der Waals surface area contributed by atoms with E-state index in [4.69, 9.17) is 4.74 Å². The summed E-state index contributed by atoms with van der Waals surface area (Å²) < 4.78 is 5.49. The molecule has 2 aliphatic rings. The predicted molar refractivity (Wildman–Crippen MR) is 113 cm³/mol. The summed E-state index contributed by atoms with van der Waals surface area (Å²) in [6, 6.07) is 10.5. The number of hydrogen-bond acceptors (Lipinski definition) is 6. The molecular weight excluding hydrogens is 380 g/mol. The maximum Gasteiger partial charge on any atom is 0.254 e. The second kappa shape index (κ2) is 9.64. The number of nitrogens with zero attached hydrogens (tertiary/aromatic N) is 3. The van der Waals surface area contributed by atoms with Crippen molar-refractivity contribution < 1.29 is 14.6 Å². The van der Waals surface area contributed by atoms with E-state index in [0.29, 0.717) is 18.5 Å². The molecule has 2 aromatic rings. The van der Waals surface area contributed by atoms with Crippen LogP contribution in [0.15, 0.2) is 49.1 Å². The van der Waals surface area contributed by atoms with Gasteiger partial charge >= 0.3 is 0 Å². The van der Waals surface area contributed by atoms with Crippen LogP contribution in [-0.4, -0.2) is 70.9 Å². The van der Waals surface area contributed by atoms with Gasteiger partial charge in [0.15, 0.2) is 0 Å². The lowest BCUT2D eigenvalue weighted by Crippen LogP contribution is -2.48. The standard InChI is InChI=1S/C23H30N4O3/c28-21-7-9-23(19-4-2-1-3-5-19,8-6-20(21)27-10-12-30-13-11-27)16-26-22(29)18-14-24-17-25-15-18/h1-5,14-15,17,20-21,28H,6-13,16H2,(H,26,29)/t20-,21-,23-/m1/s1. The SMILES string of the molecule is O=C(NC[C@]1(c2ccccc2)CC[C@@H](O)[C@H](N2CCOCC2)CC1)c1cncnc1. The van der Waals surface area contributed by atoms with Gasteiger partial charge in [-0.15, -0.1) is 0 Å². The largest absolute Gasteiger partial charge is 0.391 e. The molecule has 0 spiro atoms. The molecule has 1 saturated carbocycles. The van der Waals surface area contributed by atoms with E-state index in [2.05, 4.69) is 32.3 Å². The molecule has 30 heavy (non-hydrogen) atoms. The van der Waals surface area contributed by atoms with Gasteiger partial charge in [0, 0.05) is 43.5 Å². The Balaban J connectivity index is 1.53. The number of carbonyl (C=O) groups excluding carboxylic acids is 1. The number of hydrogen-bond donors (Lipinski definition) is 2. The number of nitrogens with one attached hydrogen (secondary N) is 1. The highest BCUT2D eigenvalue weighted by atomic mass is 16.5. The van der Waals surface area contributed by atoms with E-state index in [9.17, 15) is 9.90 Å². The second-order valence-electron chi connectivity index (χ2n) is 8.32. The first-order chi connectivity index (χ1) is 14.7. The van der Waals surface area contributed by atoms with Gasteiger partial charge in [0.25, 0.3) is 5.91 Å². The summed E-state index contributed by atoms with van der Waals surface area (Å²) in [7, 11) is 0. The predicted octanol–water partition coefficient (Wildman–Crippen LogP) is 1.78. The monoisotopic (exact) mass is 410 g/mol. The number of aliphatic hydroxyl groups is 1. The van der Waals surface area contributed by atoms with Crippen molar-refractivity contribution in [3.63, 3.8) is 0 Å². The molecule has 7 nitrogen and oxygen atoms in total. The van der Waals surface area contributed by atoms with Crippen LogP contribution in [0.25, 0.3) is 0 Å². The van der Waals surface area contributed by atoms with Crippen LogP contribution in [-0.2, 0) is 10.2 Å². The van der Waals surface area contributed by atoms with E-state index in [1.165, 1.54) is 24.3 Å². The maximum atomic E-state index is 12.7. The topological polar surface area (TPSA) is 87.6 Å². The summed E-state index contributed by atoms with van der Waals surface area (Å²) in [6.07, 6.45) is 7.44. The molecule has 1 saturated heterocycles. The molecule has 1 aliphatic carbocycles. The number of morpholine rings is 1. The van der Waals surface area contributed by atoms with Crippen molar-refractivity contribution in [1.29, 1.82) is 0 Å². The lowest BCUT2D eigenvalue weighted by molar-refractivity contribution is -0.0236. The van der Waals surface area contributed by atoms with Crippen molar-refractivity contribution in [2.45, 2.75) is 43.2 Å². The van der Waals surface area contributed by atoms with Crippen LogP contribution < -0.4 is 5.32 Å². The smallest absolute Gasteiger partial charge is 0.254 e. The molecule has 3 atom stereocenters. The highest BCUT2D eigenvalue weighted by Gasteiger charge is 2.40. The van der Waals surface area contributed by atoms with Gasteiger partial charge in [-0.1, -0.05) is 30.3 Å².